The number of aryl methyl sites for hydroxylation is 1. The van der Waals surface area contributed by atoms with Crippen molar-refractivity contribution in [2.75, 3.05) is 13.7 Å². The Morgan fingerprint density at radius 2 is 1.88 bits per heavy atom. The molecule has 7 heteroatoms. The fourth-order valence-electron chi connectivity index (χ4n) is 3.22. The Bertz CT molecular complexity index is 1260. The van der Waals surface area contributed by atoms with Crippen LogP contribution in [-0.4, -0.2) is 30.8 Å². The van der Waals surface area contributed by atoms with Crippen LogP contribution >= 0.6 is 11.3 Å². The molecule has 0 aliphatic carbocycles. The van der Waals surface area contributed by atoms with Gasteiger partial charge in [-0.2, -0.15) is 5.10 Å². The number of nitrogens with zero attached hydrogens (tertiary/aromatic N) is 3. The molecule has 0 radical (unpaired) electrons. The number of benzene rings is 3. The van der Waals surface area contributed by atoms with E-state index in [9.17, 15) is 0 Å². The number of hydrazone groups is 1. The molecule has 3 aromatic carbocycles. The van der Waals surface area contributed by atoms with Gasteiger partial charge in [0.2, 0.25) is 0 Å². The van der Waals surface area contributed by atoms with E-state index in [1.165, 1.54) is 5.56 Å². The predicted octanol–water partition coefficient (Wildman–Crippen LogP) is 6.49. The molecule has 4 rings (SSSR count). The molecule has 0 saturated heterocycles. The molecule has 0 fully saturated rings. The monoisotopic (exact) mass is 472 g/mol. The van der Waals surface area contributed by atoms with E-state index in [2.05, 4.69) is 30.4 Å². The van der Waals surface area contributed by atoms with Gasteiger partial charge in [-0.15, -0.1) is 11.3 Å². The molecule has 0 amide bonds. The van der Waals surface area contributed by atoms with Gasteiger partial charge in [-0.1, -0.05) is 43.2 Å². The van der Waals surface area contributed by atoms with E-state index >= 15 is 0 Å². The highest BCUT2D eigenvalue weighted by Crippen LogP contribution is 2.28. The number of rotatable bonds is 9. The van der Waals surface area contributed by atoms with Gasteiger partial charge in [0.1, 0.15) is 0 Å². The number of ether oxygens (including phenoxy) is 2. The first kappa shape index (κ1) is 23.4. The zero-order valence-electron chi connectivity index (χ0n) is 19.6. The first-order valence-corrected chi connectivity index (χ1v) is 12.1. The number of aliphatic imine (C=N–C) groups is 1. The Balaban J connectivity index is 1.57. The zero-order valence-corrected chi connectivity index (χ0v) is 20.4. The Kier molecular flexibility index (Phi) is 7.88. The summed E-state index contributed by atoms with van der Waals surface area (Å²) in [7, 11) is 1.64. The quantitative estimate of drug-likeness (QED) is 0.131. The predicted molar refractivity (Wildman–Crippen MR) is 141 cm³/mol. The Labute approximate surface area is 204 Å². The molecule has 0 aliphatic rings. The normalized spacial score (nSPS) is 11.8. The lowest BCUT2D eigenvalue weighted by atomic mass is 10.2. The number of hydrogen-bond donors (Lipinski definition) is 1. The molecule has 0 aliphatic heterocycles. The standard InChI is InChI=1S/C27H28N4O2S/c1-4-5-16-33-23-15-12-20(17-24(23)32-3)18-28-31-26(29-21-13-10-19(2)11-14-21)27-30-22-8-6-7-9-25(22)34-27/h6-15,17-18H,4-5,16H2,1-3H3,(H,29,31). The van der Waals surface area contributed by atoms with Crippen LogP contribution in [0.1, 0.15) is 35.9 Å². The second-order valence-corrected chi connectivity index (χ2v) is 8.80. The van der Waals surface area contributed by atoms with E-state index in [1.54, 1.807) is 24.7 Å². The third-order valence-corrected chi connectivity index (χ3v) is 6.14. The highest BCUT2D eigenvalue weighted by Gasteiger charge is 2.11. The number of amidine groups is 1. The highest BCUT2D eigenvalue weighted by molar-refractivity contribution is 7.20. The molecule has 0 saturated carbocycles. The minimum atomic E-state index is 0.591. The Morgan fingerprint density at radius 3 is 2.65 bits per heavy atom. The summed E-state index contributed by atoms with van der Waals surface area (Å²) in [4.78, 5) is 9.52. The molecule has 4 aromatic rings. The van der Waals surface area contributed by atoms with Crippen LogP contribution < -0.4 is 14.9 Å². The second-order valence-electron chi connectivity index (χ2n) is 7.77. The first-order chi connectivity index (χ1) is 16.7. The van der Waals surface area contributed by atoms with Crippen molar-refractivity contribution < 1.29 is 9.47 Å². The van der Waals surface area contributed by atoms with Crippen LogP contribution in [0.15, 0.2) is 76.8 Å². The number of fused-ring (bicyclic) bond motifs is 1. The average Bonchev–Trinajstić information content (AvgIpc) is 3.30. The van der Waals surface area contributed by atoms with Crippen molar-refractivity contribution in [1.82, 2.24) is 10.4 Å². The lowest BCUT2D eigenvalue weighted by Crippen LogP contribution is -2.18. The summed E-state index contributed by atoms with van der Waals surface area (Å²) in [5, 5.41) is 5.22. The molecule has 174 valence electrons. The minimum absolute atomic E-state index is 0.591. The maximum absolute atomic E-state index is 5.82. The molecule has 1 heterocycles. The maximum atomic E-state index is 5.82. The van der Waals surface area contributed by atoms with Crippen LogP contribution in [0.5, 0.6) is 11.5 Å². The number of hydrogen-bond acceptors (Lipinski definition) is 6. The molecule has 0 unspecified atom stereocenters. The minimum Gasteiger partial charge on any atom is -0.493 e. The van der Waals surface area contributed by atoms with Gasteiger partial charge in [0.05, 0.1) is 35.8 Å². The van der Waals surface area contributed by atoms with Crippen LogP contribution in [0.25, 0.3) is 10.2 Å². The van der Waals surface area contributed by atoms with E-state index in [-0.39, 0.29) is 0 Å². The van der Waals surface area contributed by atoms with Crippen LogP contribution in [0.3, 0.4) is 0 Å². The summed E-state index contributed by atoms with van der Waals surface area (Å²) < 4.78 is 12.4. The smallest absolute Gasteiger partial charge is 0.183 e. The largest absolute Gasteiger partial charge is 0.493 e. The van der Waals surface area contributed by atoms with E-state index in [4.69, 9.17) is 19.5 Å². The van der Waals surface area contributed by atoms with Crippen molar-refractivity contribution in [3.8, 4) is 11.5 Å². The Hall–Kier alpha value is -3.71. The van der Waals surface area contributed by atoms with Crippen molar-refractivity contribution >= 4 is 39.3 Å². The molecule has 6 nitrogen and oxygen atoms in total. The van der Waals surface area contributed by atoms with Crippen LogP contribution in [-0.2, 0) is 0 Å². The third kappa shape index (κ3) is 5.99. The number of unbranched alkanes of at least 4 members (excludes halogenated alkanes) is 1. The molecule has 0 atom stereocenters. The highest BCUT2D eigenvalue weighted by atomic mass is 32.1. The van der Waals surface area contributed by atoms with Crippen molar-refractivity contribution in [2.45, 2.75) is 26.7 Å². The molecule has 0 bridgehead atoms. The van der Waals surface area contributed by atoms with Gasteiger partial charge in [-0.25, -0.2) is 9.98 Å². The molecule has 1 aromatic heterocycles. The average molecular weight is 473 g/mol. The Morgan fingerprint density at radius 1 is 1.06 bits per heavy atom. The van der Waals surface area contributed by atoms with Gasteiger partial charge in [-0.3, -0.25) is 5.43 Å². The van der Waals surface area contributed by atoms with Gasteiger partial charge in [-0.05, 0) is 61.4 Å². The van der Waals surface area contributed by atoms with Crippen molar-refractivity contribution in [1.29, 1.82) is 0 Å². The van der Waals surface area contributed by atoms with Crippen LogP contribution in [0.4, 0.5) is 5.69 Å². The summed E-state index contributed by atoms with van der Waals surface area (Å²) >= 11 is 1.58. The summed E-state index contributed by atoms with van der Waals surface area (Å²) in [5.41, 5.74) is 6.93. The first-order valence-electron chi connectivity index (χ1n) is 11.3. The lowest BCUT2D eigenvalue weighted by molar-refractivity contribution is 0.288. The van der Waals surface area contributed by atoms with Crippen molar-refractivity contribution in [2.24, 2.45) is 10.1 Å². The molecular formula is C27H28N4O2S. The van der Waals surface area contributed by atoms with Gasteiger partial charge in [0.15, 0.2) is 22.3 Å². The van der Waals surface area contributed by atoms with Gasteiger partial charge >= 0.3 is 0 Å². The zero-order chi connectivity index (χ0) is 23.8. The number of aromatic nitrogens is 1. The van der Waals surface area contributed by atoms with E-state index in [0.29, 0.717) is 18.2 Å². The third-order valence-electron chi connectivity index (χ3n) is 5.10. The van der Waals surface area contributed by atoms with E-state index < -0.39 is 0 Å². The summed E-state index contributed by atoms with van der Waals surface area (Å²) in [6.07, 6.45) is 3.82. The van der Waals surface area contributed by atoms with E-state index in [0.717, 1.165) is 45.1 Å². The van der Waals surface area contributed by atoms with Crippen molar-refractivity contribution in [3.63, 3.8) is 0 Å². The number of methoxy groups -OCH3 is 1. The molecule has 0 spiro atoms. The van der Waals surface area contributed by atoms with Crippen LogP contribution in [0.2, 0.25) is 0 Å². The maximum Gasteiger partial charge on any atom is 0.183 e. The van der Waals surface area contributed by atoms with Crippen LogP contribution in [0, 0.1) is 6.92 Å². The van der Waals surface area contributed by atoms with Gasteiger partial charge in [0, 0.05) is 0 Å². The number of nitrogens with one attached hydrogen (secondary N) is 1. The second kappa shape index (κ2) is 11.4. The number of thiazole rings is 1. The van der Waals surface area contributed by atoms with Crippen molar-refractivity contribution in [3.05, 3.63) is 82.9 Å². The van der Waals surface area contributed by atoms with Gasteiger partial charge < -0.3 is 9.47 Å². The molecule has 34 heavy (non-hydrogen) atoms. The topological polar surface area (TPSA) is 68.1 Å². The SMILES string of the molecule is CCCCOc1ccc(C=NNC(=Nc2ccc(C)cc2)c2nc3ccccc3s2)cc1OC. The fourth-order valence-corrected chi connectivity index (χ4v) is 4.13. The molecular weight excluding hydrogens is 444 g/mol. The lowest BCUT2D eigenvalue weighted by Gasteiger charge is -2.10. The fraction of sp³-hybridized carbons (Fsp3) is 0.222. The number of para-hydroxylation sites is 1. The molecule has 1 N–H and O–H groups in total. The summed E-state index contributed by atoms with van der Waals surface area (Å²) in [5.74, 6) is 2.00. The van der Waals surface area contributed by atoms with E-state index in [1.807, 2.05) is 60.7 Å². The summed E-state index contributed by atoms with van der Waals surface area (Å²) in [6, 6.07) is 21.8. The summed E-state index contributed by atoms with van der Waals surface area (Å²) in [6.45, 7) is 4.86. The van der Waals surface area contributed by atoms with Gasteiger partial charge in [0.25, 0.3) is 0 Å².